The standard InChI is InChI=1S/C18H15ClN2O4/c1-23-10-4-5-11(14(8-10)24-2)17-16(22)15-18(25-17)21-13-7-9(19)3-6-12(13)20-15/h3-8,17,20-21H,1-2H3/t17-/m1/s1. The van der Waals surface area contributed by atoms with Crippen LogP contribution in [0.4, 0.5) is 11.4 Å². The molecule has 0 fully saturated rings. The molecule has 25 heavy (non-hydrogen) atoms. The Morgan fingerprint density at radius 1 is 1.04 bits per heavy atom. The van der Waals surface area contributed by atoms with E-state index >= 15 is 0 Å². The van der Waals surface area contributed by atoms with Gasteiger partial charge in [-0.3, -0.25) is 4.79 Å². The zero-order valence-electron chi connectivity index (χ0n) is 13.6. The summed E-state index contributed by atoms with van der Waals surface area (Å²) in [5.74, 6) is 1.37. The van der Waals surface area contributed by atoms with Crippen LogP contribution in [0.3, 0.4) is 0 Å². The predicted molar refractivity (Wildman–Crippen MR) is 94.1 cm³/mol. The molecule has 2 heterocycles. The molecule has 2 N–H and O–H groups in total. The zero-order valence-corrected chi connectivity index (χ0v) is 14.3. The van der Waals surface area contributed by atoms with Crippen molar-refractivity contribution in [3.63, 3.8) is 0 Å². The molecular formula is C18H15ClN2O4. The van der Waals surface area contributed by atoms with Gasteiger partial charge in [0.2, 0.25) is 11.7 Å². The number of Topliss-reactive ketones (excluding diaryl/α,β-unsaturated/α-hetero) is 1. The van der Waals surface area contributed by atoms with Crippen molar-refractivity contribution in [1.82, 2.24) is 0 Å². The Kier molecular flexibility index (Phi) is 3.69. The molecule has 128 valence electrons. The van der Waals surface area contributed by atoms with Gasteiger partial charge in [0.25, 0.3) is 0 Å². The Labute approximate surface area is 149 Å². The molecule has 7 heteroatoms. The van der Waals surface area contributed by atoms with Crippen LogP contribution in [0.2, 0.25) is 5.02 Å². The molecule has 1 atom stereocenters. The second kappa shape index (κ2) is 5.89. The van der Waals surface area contributed by atoms with Crippen molar-refractivity contribution in [2.45, 2.75) is 6.10 Å². The number of benzene rings is 2. The summed E-state index contributed by atoms with van der Waals surface area (Å²) >= 11 is 6.02. The van der Waals surface area contributed by atoms with Crippen LogP contribution >= 0.6 is 11.6 Å². The van der Waals surface area contributed by atoms with Gasteiger partial charge in [0.15, 0.2) is 6.10 Å². The molecule has 2 aliphatic rings. The van der Waals surface area contributed by atoms with Gasteiger partial charge >= 0.3 is 0 Å². The number of methoxy groups -OCH3 is 2. The Balaban J connectivity index is 1.66. The van der Waals surface area contributed by atoms with Crippen LogP contribution in [0.1, 0.15) is 11.7 Å². The monoisotopic (exact) mass is 358 g/mol. The fraction of sp³-hybridized carbons (Fsp3) is 0.167. The first-order chi connectivity index (χ1) is 12.1. The van der Waals surface area contributed by atoms with Gasteiger partial charge in [0.05, 0.1) is 25.6 Å². The number of fused-ring (bicyclic) bond motifs is 1. The lowest BCUT2D eigenvalue weighted by Crippen LogP contribution is -2.18. The number of anilines is 2. The topological polar surface area (TPSA) is 68.8 Å². The van der Waals surface area contributed by atoms with Crippen molar-refractivity contribution in [3.8, 4) is 11.5 Å². The van der Waals surface area contributed by atoms with Gasteiger partial charge < -0.3 is 24.8 Å². The quantitative estimate of drug-likeness (QED) is 0.871. The van der Waals surface area contributed by atoms with Crippen LogP contribution in [0.25, 0.3) is 0 Å². The molecule has 0 bridgehead atoms. The van der Waals surface area contributed by atoms with E-state index in [9.17, 15) is 4.79 Å². The Morgan fingerprint density at radius 3 is 2.64 bits per heavy atom. The smallest absolute Gasteiger partial charge is 0.229 e. The molecule has 2 aromatic rings. The molecule has 0 aliphatic carbocycles. The first-order valence-electron chi connectivity index (χ1n) is 7.61. The number of hydrogen-bond acceptors (Lipinski definition) is 6. The molecule has 0 unspecified atom stereocenters. The number of hydrogen-bond donors (Lipinski definition) is 2. The van der Waals surface area contributed by atoms with E-state index in [4.69, 9.17) is 25.8 Å². The maximum atomic E-state index is 12.8. The average Bonchev–Trinajstić information content (AvgIpc) is 2.95. The summed E-state index contributed by atoms with van der Waals surface area (Å²) in [6.07, 6.45) is -0.796. The van der Waals surface area contributed by atoms with Crippen LogP contribution in [0.5, 0.6) is 11.5 Å². The lowest BCUT2D eigenvalue weighted by Gasteiger charge is -2.20. The van der Waals surface area contributed by atoms with E-state index in [1.54, 1.807) is 44.6 Å². The summed E-state index contributed by atoms with van der Waals surface area (Å²) in [5, 5.41) is 6.82. The SMILES string of the molecule is COc1ccc([C@H]2OC3=C(Nc4ccc(Cl)cc4N3)C2=O)c(OC)c1. The fourth-order valence-corrected chi connectivity index (χ4v) is 3.08. The number of ketones is 1. The van der Waals surface area contributed by atoms with E-state index in [1.165, 1.54) is 0 Å². The molecule has 6 nitrogen and oxygen atoms in total. The average molecular weight is 359 g/mol. The van der Waals surface area contributed by atoms with Crippen molar-refractivity contribution in [2.75, 3.05) is 24.9 Å². The summed E-state index contributed by atoms with van der Waals surface area (Å²) < 4.78 is 16.5. The summed E-state index contributed by atoms with van der Waals surface area (Å²) in [5.41, 5.74) is 2.54. The van der Waals surface area contributed by atoms with Gasteiger partial charge in [0, 0.05) is 16.7 Å². The highest BCUT2D eigenvalue weighted by atomic mass is 35.5. The van der Waals surface area contributed by atoms with E-state index in [0.717, 1.165) is 11.4 Å². The Morgan fingerprint density at radius 2 is 1.88 bits per heavy atom. The van der Waals surface area contributed by atoms with Gasteiger partial charge in [-0.05, 0) is 30.3 Å². The number of nitrogens with one attached hydrogen (secondary N) is 2. The Hall–Kier alpha value is -2.86. The van der Waals surface area contributed by atoms with E-state index in [1.807, 2.05) is 6.07 Å². The number of ether oxygens (including phenoxy) is 3. The van der Waals surface area contributed by atoms with Crippen LogP contribution in [-0.4, -0.2) is 20.0 Å². The molecule has 0 saturated heterocycles. The number of carbonyl (C=O) groups excluding carboxylic acids is 1. The lowest BCUT2D eigenvalue weighted by atomic mass is 10.0. The highest BCUT2D eigenvalue weighted by Gasteiger charge is 2.40. The molecule has 0 saturated carbocycles. The van der Waals surface area contributed by atoms with E-state index < -0.39 is 6.10 Å². The highest BCUT2D eigenvalue weighted by Crippen LogP contribution is 2.42. The molecule has 0 spiro atoms. The van der Waals surface area contributed by atoms with Crippen LogP contribution < -0.4 is 20.1 Å². The van der Waals surface area contributed by atoms with Gasteiger partial charge in [-0.2, -0.15) is 0 Å². The maximum Gasteiger partial charge on any atom is 0.229 e. The lowest BCUT2D eigenvalue weighted by molar-refractivity contribution is -0.121. The second-order valence-corrected chi connectivity index (χ2v) is 6.05. The van der Waals surface area contributed by atoms with Gasteiger partial charge in [-0.15, -0.1) is 0 Å². The van der Waals surface area contributed by atoms with Crippen molar-refractivity contribution in [1.29, 1.82) is 0 Å². The molecule has 2 aliphatic heterocycles. The van der Waals surface area contributed by atoms with E-state index in [0.29, 0.717) is 33.7 Å². The first kappa shape index (κ1) is 15.7. The summed E-state index contributed by atoms with van der Waals surface area (Å²) in [7, 11) is 3.11. The zero-order chi connectivity index (χ0) is 17.6. The van der Waals surface area contributed by atoms with Crippen LogP contribution in [0.15, 0.2) is 48.0 Å². The van der Waals surface area contributed by atoms with Gasteiger partial charge in [0.1, 0.15) is 17.2 Å². The largest absolute Gasteiger partial charge is 0.497 e. The molecule has 2 aromatic carbocycles. The molecule has 0 radical (unpaired) electrons. The second-order valence-electron chi connectivity index (χ2n) is 5.61. The molecule has 4 rings (SSSR count). The minimum Gasteiger partial charge on any atom is -0.497 e. The number of halogens is 1. The van der Waals surface area contributed by atoms with Crippen molar-refractivity contribution in [3.05, 3.63) is 58.6 Å². The first-order valence-corrected chi connectivity index (χ1v) is 7.99. The predicted octanol–water partition coefficient (Wildman–Crippen LogP) is 3.70. The third-order valence-corrected chi connectivity index (χ3v) is 4.39. The van der Waals surface area contributed by atoms with Crippen LogP contribution in [0, 0.1) is 0 Å². The summed E-state index contributed by atoms with van der Waals surface area (Å²) in [6.45, 7) is 0. The van der Waals surface area contributed by atoms with Crippen molar-refractivity contribution >= 4 is 28.8 Å². The van der Waals surface area contributed by atoms with Gasteiger partial charge in [-0.1, -0.05) is 11.6 Å². The van der Waals surface area contributed by atoms with Crippen molar-refractivity contribution in [2.24, 2.45) is 0 Å². The van der Waals surface area contributed by atoms with Crippen LogP contribution in [-0.2, 0) is 9.53 Å². The number of rotatable bonds is 3. The normalized spacial score (nSPS) is 17.9. The van der Waals surface area contributed by atoms with E-state index in [2.05, 4.69) is 10.6 Å². The minimum atomic E-state index is -0.796. The third-order valence-electron chi connectivity index (χ3n) is 4.16. The molecule has 0 aromatic heterocycles. The number of carbonyl (C=O) groups is 1. The fourth-order valence-electron chi connectivity index (χ4n) is 2.91. The summed E-state index contributed by atoms with van der Waals surface area (Å²) in [6, 6.07) is 10.6. The maximum absolute atomic E-state index is 12.8. The summed E-state index contributed by atoms with van der Waals surface area (Å²) in [4.78, 5) is 12.8. The van der Waals surface area contributed by atoms with E-state index in [-0.39, 0.29) is 5.78 Å². The van der Waals surface area contributed by atoms with Gasteiger partial charge in [-0.25, -0.2) is 0 Å². The highest BCUT2D eigenvalue weighted by molar-refractivity contribution is 6.31. The molecule has 0 amide bonds. The molecular weight excluding hydrogens is 344 g/mol. The third kappa shape index (κ3) is 2.55. The Bertz CT molecular complexity index is 910. The van der Waals surface area contributed by atoms with Crippen molar-refractivity contribution < 1.29 is 19.0 Å². The minimum absolute atomic E-state index is 0.174.